The lowest BCUT2D eigenvalue weighted by Crippen LogP contribution is -2.47. The van der Waals surface area contributed by atoms with Gasteiger partial charge in [-0.2, -0.15) is 0 Å². The van der Waals surface area contributed by atoms with Crippen molar-refractivity contribution in [2.75, 3.05) is 18.4 Å². The fourth-order valence-electron chi connectivity index (χ4n) is 2.35. The van der Waals surface area contributed by atoms with E-state index in [1.807, 2.05) is 6.07 Å². The van der Waals surface area contributed by atoms with E-state index < -0.39 is 0 Å². The summed E-state index contributed by atoms with van der Waals surface area (Å²) in [4.78, 5) is 18.2. The van der Waals surface area contributed by atoms with Gasteiger partial charge in [-0.3, -0.25) is 4.98 Å². The Labute approximate surface area is 114 Å². The van der Waals surface area contributed by atoms with Crippen molar-refractivity contribution in [2.45, 2.75) is 38.8 Å². The first-order valence-corrected chi connectivity index (χ1v) is 6.87. The number of nitrogens with one attached hydrogen (secondary N) is 2. The number of likely N-dealkylation sites (tertiary alicyclic amines) is 1. The van der Waals surface area contributed by atoms with Crippen molar-refractivity contribution in [3.8, 4) is 0 Å². The first-order valence-electron chi connectivity index (χ1n) is 6.87. The van der Waals surface area contributed by atoms with Crippen molar-refractivity contribution in [1.29, 1.82) is 0 Å². The van der Waals surface area contributed by atoms with Crippen LogP contribution >= 0.6 is 0 Å². The number of rotatable bonds is 3. The highest BCUT2D eigenvalue weighted by Crippen LogP contribution is 2.13. The van der Waals surface area contributed by atoms with E-state index in [1.54, 1.807) is 18.5 Å². The second-order valence-corrected chi connectivity index (χ2v) is 5.24. The molecule has 0 atom stereocenters. The van der Waals surface area contributed by atoms with Crippen LogP contribution < -0.4 is 10.6 Å². The summed E-state index contributed by atoms with van der Waals surface area (Å²) < 4.78 is 0. The van der Waals surface area contributed by atoms with Crippen molar-refractivity contribution in [3.63, 3.8) is 0 Å². The molecule has 0 radical (unpaired) electrons. The second-order valence-electron chi connectivity index (χ2n) is 5.24. The van der Waals surface area contributed by atoms with E-state index in [0.29, 0.717) is 6.04 Å². The van der Waals surface area contributed by atoms with E-state index in [2.05, 4.69) is 34.4 Å². The van der Waals surface area contributed by atoms with Gasteiger partial charge in [0.1, 0.15) is 0 Å². The smallest absolute Gasteiger partial charge is 0.319 e. The van der Waals surface area contributed by atoms with Crippen LogP contribution in [0.4, 0.5) is 10.5 Å². The highest BCUT2D eigenvalue weighted by molar-refractivity contribution is 5.89. The number of nitrogens with zero attached hydrogens (tertiary/aromatic N) is 2. The molecule has 2 rings (SSSR count). The third-order valence-corrected chi connectivity index (χ3v) is 3.51. The zero-order valence-electron chi connectivity index (χ0n) is 11.6. The van der Waals surface area contributed by atoms with Crippen LogP contribution in [0.3, 0.4) is 0 Å². The standard InChI is InChI=1S/C14H22N4O/c1-11(2)18-8-5-12(6-9-18)16-14(19)17-13-4-3-7-15-10-13/h3-4,7,10-12H,5-6,8-9H2,1-2H3,(H2,16,17,19). The maximum atomic E-state index is 11.8. The molecule has 1 saturated heterocycles. The lowest BCUT2D eigenvalue weighted by molar-refractivity contribution is 0.163. The molecule has 5 nitrogen and oxygen atoms in total. The van der Waals surface area contributed by atoms with Crippen LogP contribution in [-0.4, -0.2) is 41.1 Å². The van der Waals surface area contributed by atoms with Crippen molar-refractivity contribution in [2.24, 2.45) is 0 Å². The van der Waals surface area contributed by atoms with Crippen LogP contribution in [0.5, 0.6) is 0 Å². The molecule has 1 aliphatic heterocycles. The number of aromatic nitrogens is 1. The summed E-state index contributed by atoms with van der Waals surface area (Å²) >= 11 is 0. The van der Waals surface area contributed by atoms with Gasteiger partial charge in [-0.1, -0.05) is 0 Å². The lowest BCUT2D eigenvalue weighted by atomic mass is 10.0. The predicted molar refractivity (Wildman–Crippen MR) is 76.1 cm³/mol. The van der Waals surface area contributed by atoms with Crippen molar-refractivity contribution in [3.05, 3.63) is 24.5 Å². The molecule has 0 unspecified atom stereocenters. The molecule has 104 valence electrons. The average Bonchev–Trinajstić information content (AvgIpc) is 2.40. The van der Waals surface area contributed by atoms with Crippen LogP contribution in [0.15, 0.2) is 24.5 Å². The Bertz CT molecular complexity index is 399. The first-order chi connectivity index (χ1) is 9.15. The van der Waals surface area contributed by atoms with Crippen molar-refractivity contribution in [1.82, 2.24) is 15.2 Å². The Kier molecular flexibility index (Phi) is 4.74. The number of pyridine rings is 1. The molecule has 1 aromatic heterocycles. The summed E-state index contributed by atoms with van der Waals surface area (Å²) in [5, 5.41) is 5.82. The highest BCUT2D eigenvalue weighted by atomic mass is 16.2. The Hall–Kier alpha value is -1.62. The third kappa shape index (κ3) is 4.21. The quantitative estimate of drug-likeness (QED) is 0.877. The zero-order chi connectivity index (χ0) is 13.7. The molecule has 2 heterocycles. The molecule has 1 fully saturated rings. The molecule has 0 aromatic carbocycles. The van der Waals surface area contributed by atoms with Crippen LogP contribution in [-0.2, 0) is 0 Å². The highest BCUT2D eigenvalue weighted by Gasteiger charge is 2.21. The summed E-state index contributed by atoms with van der Waals surface area (Å²) in [5.41, 5.74) is 0.722. The van der Waals surface area contributed by atoms with Crippen LogP contribution in [0.2, 0.25) is 0 Å². The van der Waals surface area contributed by atoms with Gasteiger partial charge in [0.25, 0.3) is 0 Å². The van der Waals surface area contributed by atoms with Gasteiger partial charge in [-0.05, 0) is 38.8 Å². The number of carbonyl (C=O) groups excluding carboxylic acids is 1. The maximum Gasteiger partial charge on any atom is 0.319 e. The summed E-state index contributed by atoms with van der Waals surface area (Å²) in [6.07, 6.45) is 5.35. The van der Waals surface area contributed by atoms with Gasteiger partial charge in [-0.15, -0.1) is 0 Å². The molecule has 1 aliphatic rings. The normalized spacial score (nSPS) is 17.4. The van der Waals surface area contributed by atoms with E-state index in [9.17, 15) is 4.79 Å². The zero-order valence-corrected chi connectivity index (χ0v) is 11.6. The molecule has 19 heavy (non-hydrogen) atoms. The van der Waals surface area contributed by atoms with Crippen molar-refractivity contribution >= 4 is 11.7 Å². The van der Waals surface area contributed by atoms with E-state index in [4.69, 9.17) is 0 Å². The molecule has 0 bridgehead atoms. The third-order valence-electron chi connectivity index (χ3n) is 3.51. The van der Waals surface area contributed by atoms with Gasteiger partial charge in [0.15, 0.2) is 0 Å². The Morgan fingerprint density at radius 1 is 1.42 bits per heavy atom. The maximum absolute atomic E-state index is 11.8. The van der Waals surface area contributed by atoms with Crippen LogP contribution in [0.25, 0.3) is 0 Å². The molecule has 5 heteroatoms. The van der Waals surface area contributed by atoms with Gasteiger partial charge >= 0.3 is 6.03 Å². The topological polar surface area (TPSA) is 57.3 Å². The summed E-state index contributed by atoms with van der Waals surface area (Å²) in [6.45, 7) is 6.52. The average molecular weight is 262 g/mol. The minimum Gasteiger partial charge on any atom is -0.335 e. The lowest BCUT2D eigenvalue weighted by Gasteiger charge is -2.34. The first kappa shape index (κ1) is 13.8. The fraction of sp³-hybridized carbons (Fsp3) is 0.571. The minimum atomic E-state index is -0.143. The number of amides is 2. The van der Waals surface area contributed by atoms with E-state index in [0.717, 1.165) is 31.6 Å². The SMILES string of the molecule is CC(C)N1CCC(NC(=O)Nc2cccnc2)CC1. The molecule has 0 spiro atoms. The van der Waals surface area contributed by atoms with Crippen molar-refractivity contribution < 1.29 is 4.79 Å². The molecular weight excluding hydrogens is 240 g/mol. The Balaban J connectivity index is 1.75. The number of hydrogen-bond acceptors (Lipinski definition) is 3. The molecule has 2 N–H and O–H groups in total. The Morgan fingerprint density at radius 3 is 2.74 bits per heavy atom. The number of piperidine rings is 1. The summed E-state index contributed by atoms with van der Waals surface area (Å²) in [6, 6.07) is 4.35. The second kappa shape index (κ2) is 6.52. The van der Waals surface area contributed by atoms with Gasteiger partial charge in [-0.25, -0.2) is 4.79 Å². The van der Waals surface area contributed by atoms with Gasteiger partial charge < -0.3 is 15.5 Å². The number of hydrogen-bond donors (Lipinski definition) is 2. The Morgan fingerprint density at radius 2 is 2.16 bits per heavy atom. The molecular formula is C14H22N4O. The summed E-state index contributed by atoms with van der Waals surface area (Å²) in [5.74, 6) is 0. The van der Waals surface area contributed by atoms with E-state index >= 15 is 0 Å². The van der Waals surface area contributed by atoms with Gasteiger partial charge in [0.2, 0.25) is 0 Å². The van der Waals surface area contributed by atoms with Gasteiger partial charge in [0.05, 0.1) is 11.9 Å². The fourth-order valence-corrected chi connectivity index (χ4v) is 2.35. The number of carbonyl (C=O) groups is 1. The molecule has 1 aromatic rings. The van der Waals surface area contributed by atoms with Crippen LogP contribution in [0.1, 0.15) is 26.7 Å². The monoisotopic (exact) mass is 262 g/mol. The van der Waals surface area contributed by atoms with E-state index in [1.165, 1.54) is 0 Å². The van der Waals surface area contributed by atoms with Crippen LogP contribution in [0, 0.1) is 0 Å². The molecule has 0 saturated carbocycles. The van der Waals surface area contributed by atoms with E-state index in [-0.39, 0.29) is 12.1 Å². The predicted octanol–water partition coefficient (Wildman–Crippen LogP) is 2.08. The number of anilines is 1. The number of urea groups is 1. The largest absolute Gasteiger partial charge is 0.335 e. The molecule has 2 amide bonds. The molecule has 0 aliphatic carbocycles. The summed E-state index contributed by atoms with van der Waals surface area (Å²) in [7, 11) is 0. The van der Waals surface area contributed by atoms with Gasteiger partial charge in [0, 0.05) is 31.4 Å². The minimum absolute atomic E-state index is 0.143.